The minimum Gasteiger partial charge on any atom is -0.365 e. The van der Waals surface area contributed by atoms with Crippen molar-refractivity contribution in [2.45, 2.75) is 19.9 Å². The molecular formula is C8H13N3OS. The van der Waals surface area contributed by atoms with E-state index in [0.29, 0.717) is 5.69 Å². The minimum atomic E-state index is -0.118. The lowest BCUT2D eigenvalue weighted by Crippen LogP contribution is -2.30. The van der Waals surface area contributed by atoms with Crippen LogP contribution in [-0.2, 0) is 0 Å². The third-order valence-corrected chi connectivity index (χ3v) is 2.23. The number of rotatable bonds is 3. The van der Waals surface area contributed by atoms with Gasteiger partial charge in [0.05, 0.1) is 0 Å². The molecule has 0 radical (unpaired) electrons. The molecule has 2 N–H and O–H groups in total. The average molecular weight is 199 g/mol. The van der Waals surface area contributed by atoms with Crippen LogP contribution in [0, 0.1) is 0 Å². The number of hydrogen-bond donors (Lipinski definition) is 2. The van der Waals surface area contributed by atoms with Gasteiger partial charge in [0.25, 0.3) is 5.91 Å². The smallest absolute Gasteiger partial charge is 0.271 e. The minimum absolute atomic E-state index is 0.118. The summed E-state index contributed by atoms with van der Waals surface area (Å²) in [4.78, 5) is 15.5. The molecule has 5 heteroatoms. The van der Waals surface area contributed by atoms with E-state index in [4.69, 9.17) is 0 Å². The van der Waals surface area contributed by atoms with Crippen molar-refractivity contribution in [1.29, 1.82) is 0 Å². The highest BCUT2D eigenvalue weighted by molar-refractivity contribution is 7.13. The van der Waals surface area contributed by atoms with E-state index in [9.17, 15) is 4.79 Å². The monoisotopic (exact) mass is 199 g/mol. The predicted molar refractivity (Wildman–Crippen MR) is 54.3 cm³/mol. The number of anilines is 1. The highest BCUT2D eigenvalue weighted by Crippen LogP contribution is 2.13. The lowest BCUT2D eigenvalue weighted by Gasteiger charge is -2.05. The molecule has 0 aliphatic heterocycles. The van der Waals surface area contributed by atoms with Gasteiger partial charge in [-0.3, -0.25) is 4.79 Å². The molecule has 72 valence electrons. The van der Waals surface area contributed by atoms with Crippen LogP contribution in [0.1, 0.15) is 24.3 Å². The number of nitrogens with one attached hydrogen (secondary N) is 2. The van der Waals surface area contributed by atoms with E-state index in [1.807, 2.05) is 13.8 Å². The fourth-order valence-electron chi connectivity index (χ4n) is 0.829. The SMILES string of the molecule is CNc1nc(C(=O)NC(C)C)cs1. The van der Waals surface area contributed by atoms with Gasteiger partial charge in [-0.2, -0.15) is 0 Å². The summed E-state index contributed by atoms with van der Waals surface area (Å²) in [5.41, 5.74) is 0.475. The first-order valence-corrected chi connectivity index (χ1v) is 4.95. The standard InChI is InChI=1S/C8H13N3OS/c1-5(2)10-7(12)6-4-13-8(9-3)11-6/h4-5H,1-3H3,(H,9,11)(H,10,12). The summed E-state index contributed by atoms with van der Waals surface area (Å²) in [7, 11) is 1.78. The van der Waals surface area contributed by atoms with Crippen molar-refractivity contribution in [3.05, 3.63) is 11.1 Å². The van der Waals surface area contributed by atoms with Crippen LogP contribution in [-0.4, -0.2) is 24.0 Å². The Balaban J connectivity index is 2.66. The molecule has 0 unspecified atom stereocenters. The van der Waals surface area contributed by atoms with E-state index < -0.39 is 0 Å². The summed E-state index contributed by atoms with van der Waals surface area (Å²) in [5.74, 6) is -0.118. The number of carbonyl (C=O) groups excluding carboxylic acids is 1. The molecular weight excluding hydrogens is 186 g/mol. The molecule has 1 amide bonds. The Morgan fingerprint density at radius 1 is 1.62 bits per heavy atom. The van der Waals surface area contributed by atoms with Gasteiger partial charge in [-0.1, -0.05) is 0 Å². The summed E-state index contributed by atoms with van der Waals surface area (Å²) in [6, 6.07) is 0.146. The second-order valence-corrected chi connectivity index (χ2v) is 3.77. The Kier molecular flexibility index (Phi) is 3.25. The van der Waals surface area contributed by atoms with Crippen molar-refractivity contribution in [2.75, 3.05) is 12.4 Å². The Morgan fingerprint density at radius 2 is 2.31 bits per heavy atom. The molecule has 0 aliphatic rings. The zero-order chi connectivity index (χ0) is 9.84. The van der Waals surface area contributed by atoms with Gasteiger partial charge in [0.2, 0.25) is 0 Å². The van der Waals surface area contributed by atoms with Gasteiger partial charge < -0.3 is 10.6 Å². The maximum absolute atomic E-state index is 11.4. The molecule has 0 aromatic carbocycles. The lowest BCUT2D eigenvalue weighted by atomic mass is 10.3. The second kappa shape index (κ2) is 4.23. The van der Waals surface area contributed by atoms with Crippen molar-refractivity contribution >= 4 is 22.4 Å². The predicted octanol–water partition coefficient (Wildman–Crippen LogP) is 1.32. The zero-order valence-corrected chi connectivity index (χ0v) is 8.73. The molecule has 13 heavy (non-hydrogen) atoms. The highest BCUT2D eigenvalue weighted by atomic mass is 32.1. The van der Waals surface area contributed by atoms with Crippen molar-refractivity contribution < 1.29 is 4.79 Å². The van der Waals surface area contributed by atoms with E-state index in [1.54, 1.807) is 12.4 Å². The van der Waals surface area contributed by atoms with Gasteiger partial charge in [-0.15, -0.1) is 11.3 Å². The second-order valence-electron chi connectivity index (χ2n) is 2.92. The van der Waals surface area contributed by atoms with Crippen LogP contribution in [0.15, 0.2) is 5.38 Å². The summed E-state index contributed by atoms with van der Waals surface area (Å²) < 4.78 is 0. The van der Waals surface area contributed by atoms with Gasteiger partial charge in [-0.05, 0) is 13.8 Å². The van der Waals surface area contributed by atoms with Gasteiger partial charge in [0.1, 0.15) is 5.69 Å². The van der Waals surface area contributed by atoms with Crippen LogP contribution in [0.4, 0.5) is 5.13 Å². The third-order valence-electron chi connectivity index (χ3n) is 1.37. The quantitative estimate of drug-likeness (QED) is 0.772. The highest BCUT2D eigenvalue weighted by Gasteiger charge is 2.10. The molecule has 0 saturated heterocycles. The first kappa shape index (κ1) is 9.98. The van der Waals surface area contributed by atoms with E-state index in [-0.39, 0.29) is 11.9 Å². The lowest BCUT2D eigenvalue weighted by molar-refractivity contribution is 0.0939. The molecule has 0 aliphatic carbocycles. The van der Waals surface area contributed by atoms with Crippen LogP contribution in [0.25, 0.3) is 0 Å². The summed E-state index contributed by atoms with van der Waals surface area (Å²) in [6.45, 7) is 3.84. The molecule has 1 aromatic rings. The summed E-state index contributed by atoms with van der Waals surface area (Å²) in [5, 5.41) is 8.15. The topological polar surface area (TPSA) is 54.0 Å². The number of amides is 1. The van der Waals surface area contributed by atoms with E-state index in [0.717, 1.165) is 5.13 Å². The number of aromatic nitrogens is 1. The Bertz CT molecular complexity index is 295. The number of thiazole rings is 1. The van der Waals surface area contributed by atoms with Crippen LogP contribution >= 0.6 is 11.3 Å². The van der Waals surface area contributed by atoms with E-state index in [1.165, 1.54) is 11.3 Å². The molecule has 4 nitrogen and oxygen atoms in total. The van der Waals surface area contributed by atoms with Crippen molar-refractivity contribution in [3.8, 4) is 0 Å². The van der Waals surface area contributed by atoms with Crippen molar-refractivity contribution in [3.63, 3.8) is 0 Å². The van der Waals surface area contributed by atoms with Crippen molar-refractivity contribution in [1.82, 2.24) is 10.3 Å². The first-order chi connectivity index (χ1) is 6.13. The van der Waals surface area contributed by atoms with E-state index >= 15 is 0 Å². The normalized spacial score (nSPS) is 10.2. The van der Waals surface area contributed by atoms with Gasteiger partial charge in [0.15, 0.2) is 5.13 Å². The zero-order valence-electron chi connectivity index (χ0n) is 7.92. The molecule has 0 spiro atoms. The third kappa shape index (κ3) is 2.69. The fraction of sp³-hybridized carbons (Fsp3) is 0.500. The average Bonchev–Trinajstić information content (AvgIpc) is 2.50. The Labute approximate surface area is 81.4 Å². The van der Waals surface area contributed by atoms with Crippen LogP contribution < -0.4 is 10.6 Å². The van der Waals surface area contributed by atoms with Gasteiger partial charge >= 0.3 is 0 Å². The van der Waals surface area contributed by atoms with Crippen LogP contribution in [0.3, 0.4) is 0 Å². The number of hydrogen-bond acceptors (Lipinski definition) is 4. The van der Waals surface area contributed by atoms with Crippen LogP contribution in [0.2, 0.25) is 0 Å². The Morgan fingerprint density at radius 3 is 2.77 bits per heavy atom. The molecule has 0 saturated carbocycles. The maximum Gasteiger partial charge on any atom is 0.271 e. The number of nitrogens with zero attached hydrogens (tertiary/aromatic N) is 1. The molecule has 0 atom stereocenters. The molecule has 0 fully saturated rings. The van der Waals surface area contributed by atoms with Gasteiger partial charge in [-0.25, -0.2) is 4.98 Å². The molecule has 1 aromatic heterocycles. The molecule has 1 rings (SSSR count). The van der Waals surface area contributed by atoms with Crippen molar-refractivity contribution in [2.24, 2.45) is 0 Å². The first-order valence-electron chi connectivity index (χ1n) is 4.07. The fourth-order valence-corrected chi connectivity index (χ4v) is 1.48. The van der Waals surface area contributed by atoms with E-state index in [2.05, 4.69) is 15.6 Å². The maximum atomic E-state index is 11.4. The summed E-state index contributed by atoms with van der Waals surface area (Å²) >= 11 is 1.42. The summed E-state index contributed by atoms with van der Waals surface area (Å²) in [6.07, 6.45) is 0. The number of carbonyl (C=O) groups is 1. The van der Waals surface area contributed by atoms with Crippen LogP contribution in [0.5, 0.6) is 0 Å². The molecule has 0 bridgehead atoms. The Hall–Kier alpha value is -1.10. The molecule has 1 heterocycles. The van der Waals surface area contributed by atoms with Gasteiger partial charge in [0, 0.05) is 18.5 Å². The largest absolute Gasteiger partial charge is 0.365 e.